The van der Waals surface area contributed by atoms with Crippen LogP contribution in [-0.4, -0.2) is 18.0 Å². The van der Waals surface area contributed by atoms with Crippen LogP contribution in [0.5, 0.6) is 0 Å². The lowest BCUT2D eigenvalue weighted by atomic mass is 10.1. The van der Waals surface area contributed by atoms with Gasteiger partial charge in [0.15, 0.2) is 0 Å². The van der Waals surface area contributed by atoms with E-state index in [2.05, 4.69) is 24.4 Å². The summed E-state index contributed by atoms with van der Waals surface area (Å²) in [5, 5.41) is 3.01. The average Bonchev–Trinajstić information content (AvgIpc) is 2.60. The summed E-state index contributed by atoms with van der Waals surface area (Å²) >= 11 is 1.79. The van der Waals surface area contributed by atoms with Crippen molar-refractivity contribution in [2.75, 3.05) is 0 Å². The number of thiophene rings is 1. The van der Waals surface area contributed by atoms with Crippen molar-refractivity contribution in [2.24, 2.45) is 5.73 Å². The highest BCUT2D eigenvalue weighted by atomic mass is 35.5. The molecule has 3 N–H and O–H groups in total. The minimum absolute atomic E-state index is 0. The molecular weight excluding hydrogens is 268 g/mol. The van der Waals surface area contributed by atoms with Gasteiger partial charge in [-0.2, -0.15) is 0 Å². The van der Waals surface area contributed by atoms with E-state index in [0.29, 0.717) is 6.42 Å². The fraction of sp³-hybridized carbons (Fsp3) is 0.615. The van der Waals surface area contributed by atoms with E-state index in [-0.39, 0.29) is 30.4 Å². The maximum atomic E-state index is 11.6. The molecule has 1 rings (SSSR count). The van der Waals surface area contributed by atoms with Crippen LogP contribution in [0.25, 0.3) is 0 Å². The van der Waals surface area contributed by atoms with Crippen LogP contribution in [0.4, 0.5) is 0 Å². The zero-order chi connectivity index (χ0) is 12.8. The Morgan fingerprint density at radius 3 is 2.61 bits per heavy atom. The Hall–Kier alpha value is -0.580. The summed E-state index contributed by atoms with van der Waals surface area (Å²) in [7, 11) is 0. The highest BCUT2D eigenvalue weighted by Gasteiger charge is 2.09. The van der Waals surface area contributed by atoms with Crippen molar-refractivity contribution in [1.82, 2.24) is 5.32 Å². The van der Waals surface area contributed by atoms with Gasteiger partial charge in [-0.1, -0.05) is 0 Å². The standard InChI is InChI=1S/C13H22N2OS.ClH/c1-9(14)4-7-13(16)15-10(2)8-12-6-5-11(3)17-12;/h5-6,9-10H,4,7-8,14H2,1-3H3,(H,15,16);1H. The van der Waals surface area contributed by atoms with Crippen molar-refractivity contribution in [3.63, 3.8) is 0 Å². The molecule has 18 heavy (non-hydrogen) atoms. The minimum Gasteiger partial charge on any atom is -0.353 e. The third-order valence-corrected chi connectivity index (χ3v) is 3.56. The number of hydrogen-bond donors (Lipinski definition) is 2. The summed E-state index contributed by atoms with van der Waals surface area (Å²) in [6, 6.07) is 4.53. The molecule has 2 unspecified atom stereocenters. The van der Waals surface area contributed by atoms with Crippen LogP contribution >= 0.6 is 23.7 Å². The zero-order valence-corrected chi connectivity index (χ0v) is 12.9. The number of rotatable bonds is 6. The molecule has 0 spiro atoms. The summed E-state index contributed by atoms with van der Waals surface area (Å²) in [4.78, 5) is 14.2. The molecule has 0 bridgehead atoms. The van der Waals surface area contributed by atoms with E-state index in [4.69, 9.17) is 5.73 Å². The third-order valence-electron chi connectivity index (χ3n) is 2.54. The van der Waals surface area contributed by atoms with Crippen molar-refractivity contribution in [1.29, 1.82) is 0 Å². The molecule has 0 fully saturated rings. The predicted molar refractivity (Wildman–Crippen MR) is 80.5 cm³/mol. The molecule has 104 valence electrons. The van der Waals surface area contributed by atoms with Gasteiger partial charge < -0.3 is 11.1 Å². The molecule has 1 aromatic heterocycles. The number of hydrogen-bond acceptors (Lipinski definition) is 3. The molecule has 1 aromatic rings. The Bertz CT molecular complexity index is 366. The average molecular weight is 291 g/mol. The maximum Gasteiger partial charge on any atom is 0.220 e. The summed E-state index contributed by atoms with van der Waals surface area (Å²) in [6.07, 6.45) is 2.17. The van der Waals surface area contributed by atoms with Gasteiger partial charge in [-0.25, -0.2) is 0 Å². The molecule has 3 nitrogen and oxygen atoms in total. The second kappa shape index (κ2) is 8.51. The van der Waals surface area contributed by atoms with Crippen molar-refractivity contribution in [3.05, 3.63) is 21.9 Å². The Kier molecular flexibility index (Phi) is 8.24. The Labute approximate surface area is 120 Å². The first-order valence-corrected chi connectivity index (χ1v) is 6.89. The maximum absolute atomic E-state index is 11.6. The minimum atomic E-state index is 0. The van der Waals surface area contributed by atoms with E-state index in [1.807, 2.05) is 13.8 Å². The van der Waals surface area contributed by atoms with Crippen LogP contribution in [0, 0.1) is 6.92 Å². The lowest BCUT2D eigenvalue weighted by Crippen LogP contribution is -2.34. The van der Waals surface area contributed by atoms with Crippen molar-refractivity contribution < 1.29 is 4.79 Å². The van der Waals surface area contributed by atoms with Crippen LogP contribution < -0.4 is 11.1 Å². The van der Waals surface area contributed by atoms with Gasteiger partial charge in [0, 0.05) is 34.7 Å². The molecule has 1 heterocycles. The van der Waals surface area contributed by atoms with Crippen LogP contribution in [0.1, 0.15) is 36.4 Å². The van der Waals surface area contributed by atoms with Gasteiger partial charge in [0.2, 0.25) is 5.91 Å². The summed E-state index contributed by atoms with van der Waals surface area (Å²) in [5.74, 6) is 0.100. The molecule has 5 heteroatoms. The van der Waals surface area contributed by atoms with Crippen molar-refractivity contribution in [2.45, 2.75) is 52.1 Å². The molecule has 0 aromatic carbocycles. The number of carbonyl (C=O) groups is 1. The molecule has 1 amide bonds. The fourth-order valence-electron chi connectivity index (χ4n) is 1.65. The molecular formula is C13H23ClN2OS. The number of halogens is 1. The van der Waals surface area contributed by atoms with Gasteiger partial charge >= 0.3 is 0 Å². The highest BCUT2D eigenvalue weighted by molar-refractivity contribution is 7.11. The molecule has 2 atom stereocenters. The smallest absolute Gasteiger partial charge is 0.220 e. The first-order chi connectivity index (χ1) is 7.97. The third kappa shape index (κ3) is 6.99. The summed E-state index contributed by atoms with van der Waals surface area (Å²) in [6.45, 7) is 6.06. The second-order valence-electron chi connectivity index (χ2n) is 4.70. The number of carbonyl (C=O) groups excluding carboxylic acids is 1. The molecule has 0 aliphatic carbocycles. The second-order valence-corrected chi connectivity index (χ2v) is 6.07. The monoisotopic (exact) mass is 290 g/mol. The fourth-order valence-corrected chi connectivity index (χ4v) is 2.67. The highest BCUT2D eigenvalue weighted by Crippen LogP contribution is 2.16. The Balaban J connectivity index is 0.00000289. The lowest BCUT2D eigenvalue weighted by Gasteiger charge is -2.13. The van der Waals surface area contributed by atoms with Crippen LogP contribution in [0.15, 0.2) is 12.1 Å². The first kappa shape index (κ1) is 17.4. The quantitative estimate of drug-likeness (QED) is 0.846. The van der Waals surface area contributed by atoms with E-state index in [0.717, 1.165) is 12.8 Å². The molecule has 0 radical (unpaired) electrons. The SMILES string of the molecule is Cc1ccc(CC(C)NC(=O)CCC(C)N)s1.Cl. The van der Waals surface area contributed by atoms with Gasteiger partial charge in [0.05, 0.1) is 0 Å². The first-order valence-electron chi connectivity index (χ1n) is 6.07. The van der Waals surface area contributed by atoms with Crippen LogP contribution in [-0.2, 0) is 11.2 Å². The van der Waals surface area contributed by atoms with Gasteiger partial charge in [0.25, 0.3) is 0 Å². The predicted octanol–water partition coefficient (Wildman–Crippen LogP) is 2.65. The van der Waals surface area contributed by atoms with E-state index in [1.165, 1.54) is 9.75 Å². The van der Waals surface area contributed by atoms with E-state index >= 15 is 0 Å². The van der Waals surface area contributed by atoms with Crippen molar-refractivity contribution in [3.8, 4) is 0 Å². The number of nitrogens with one attached hydrogen (secondary N) is 1. The lowest BCUT2D eigenvalue weighted by molar-refractivity contribution is -0.121. The molecule has 0 saturated carbocycles. The number of amides is 1. The van der Waals surface area contributed by atoms with Gasteiger partial charge in [-0.3, -0.25) is 4.79 Å². The number of nitrogens with two attached hydrogens (primary N) is 1. The van der Waals surface area contributed by atoms with E-state index in [1.54, 1.807) is 11.3 Å². The van der Waals surface area contributed by atoms with E-state index < -0.39 is 0 Å². The van der Waals surface area contributed by atoms with Gasteiger partial charge in [0.1, 0.15) is 0 Å². The van der Waals surface area contributed by atoms with Gasteiger partial charge in [-0.05, 0) is 39.3 Å². The molecule has 0 aliphatic rings. The van der Waals surface area contributed by atoms with Crippen LogP contribution in [0.3, 0.4) is 0 Å². The topological polar surface area (TPSA) is 55.1 Å². The summed E-state index contributed by atoms with van der Waals surface area (Å²) < 4.78 is 0. The Morgan fingerprint density at radius 1 is 1.44 bits per heavy atom. The zero-order valence-electron chi connectivity index (χ0n) is 11.2. The van der Waals surface area contributed by atoms with Crippen LogP contribution in [0.2, 0.25) is 0 Å². The largest absolute Gasteiger partial charge is 0.353 e. The van der Waals surface area contributed by atoms with Gasteiger partial charge in [-0.15, -0.1) is 23.7 Å². The molecule has 0 saturated heterocycles. The Morgan fingerprint density at radius 2 is 2.11 bits per heavy atom. The van der Waals surface area contributed by atoms with Crippen molar-refractivity contribution >= 4 is 29.7 Å². The molecule has 0 aliphatic heterocycles. The van der Waals surface area contributed by atoms with E-state index in [9.17, 15) is 4.79 Å². The normalized spacial score (nSPS) is 13.6. The number of aryl methyl sites for hydroxylation is 1. The summed E-state index contributed by atoms with van der Waals surface area (Å²) in [5.41, 5.74) is 5.62.